The first-order valence-corrected chi connectivity index (χ1v) is 5.67. The van der Waals surface area contributed by atoms with Crippen LogP contribution in [0.2, 0.25) is 0 Å². The molecule has 1 rings (SSSR count). The summed E-state index contributed by atoms with van der Waals surface area (Å²) in [4.78, 5) is 18.1. The van der Waals surface area contributed by atoms with E-state index in [1.54, 1.807) is 7.05 Å². The highest BCUT2D eigenvalue weighted by Gasteiger charge is 2.20. The first-order chi connectivity index (χ1) is 9.12. The van der Waals surface area contributed by atoms with Crippen molar-refractivity contribution in [2.45, 2.75) is 12.5 Å². The molecule has 1 heterocycles. The van der Waals surface area contributed by atoms with Crippen LogP contribution >= 0.6 is 0 Å². The van der Waals surface area contributed by atoms with Crippen LogP contribution in [0.25, 0.3) is 0 Å². The van der Waals surface area contributed by atoms with Gasteiger partial charge in [-0.2, -0.15) is 4.98 Å². The first kappa shape index (κ1) is 15.1. The van der Waals surface area contributed by atoms with Gasteiger partial charge in [-0.3, -0.25) is 10.1 Å². The van der Waals surface area contributed by atoms with E-state index in [4.69, 9.17) is 9.84 Å². The lowest BCUT2D eigenvalue weighted by atomic mass is 10.2. The third-order valence-corrected chi connectivity index (χ3v) is 2.38. The van der Waals surface area contributed by atoms with Gasteiger partial charge in [0.15, 0.2) is 0 Å². The third kappa shape index (κ3) is 4.30. The Labute approximate surface area is 110 Å². The maximum atomic E-state index is 10.9. The van der Waals surface area contributed by atoms with Crippen LogP contribution in [0, 0.1) is 10.1 Å². The smallest absolute Gasteiger partial charge is 0.329 e. The highest BCUT2D eigenvalue weighted by molar-refractivity contribution is 5.57. The quantitative estimate of drug-likeness (QED) is 0.454. The molecule has 0 aliphatic heterocycles. The highest BCUT2D eigenvalue weighted by Crippen LogP contribution is 2.23. The molecule has 0 bridgehead atoms. The molecule has 0 fully saturated rings. The summed E-state index contributed by atoms with van der Waals surface area (Å²) in [7, 11) is 3.13. The van der Waals surface area contributed by atoms with Crippen molar-refractivity contribution in [2.75, 3.05) is 38.0 Å². The number of nitrogens with one attached hydrogen (secondary N) is 2. The Morgan fingerprint density at radius 2 is 2.37 bits per heavy atom. The first-order valence-electron chi connectivity index (χ1n) is 5.67. The molecular formula is C10H17N5O4. The Hall–Kier alpha value is -2.00. The molecule has 1 aromatic heterocycles. The van der Waals surface area contributed by atoms with Crippen LogP contribution < -0.4 is 10.6 Å². The molecule has 1 unspecified atom stereocenters. The largest absolute Gasteiger partial charge is 0.396 e. The summed E-state index contributed by atoms with van der Waals surface area (Å²) < 4.78 is 4.98. The number of hydrogen-bond donors (Lipinski definition) is 3. The van der Waals surface area contributed by atoms with Crippen LogP contribution in [0.4, 0.5) is 17.5 Å². The van der Waals surface area contributed by atoms with Crippen molar-refractivity contribution in [1.82, 2.24) is 9.97 Å². The zero-order valence-electron chi connectivity index (χ0n) is 10.8. The number of aliphatic hydroxyl groups is 1. The molecule has 1 aromatic rings. The van der Waals surface area contributed by atoms with Crippen molar-refractivity contribution in [3.05, 3.63) is 16.3 Å². The van der Waals surface area contributed by atoms with Crippen molar-refractivity contribution >= 4 is 17.5 Å². The lowest BCUT2D eigenvalue weighted by molar-refractivity contribution is -0.384. The number of hydrogen-bond acceptors (Lipinski definition) is 8. The number of ether oxygens (including phenoxy) is 1. The minimum absolute atomic E-state index is 0.0568. The van der Waals surface area contributed by atoms with E-state index in [-0.39, 0.29) is 30.1 Å². The van der Waals surface area contributed by atoms with Gasteiger partial charge in [0.1, 0.15) is 6.20 Å². The molecule has 0 amide bonds. The van der Waals surface area contributed by atoms with Gasteiger partial charge in [-0.1, -0.05) is 0 Å². The van der Waals surface area contributed by atoms with Crippen molar-refractivity contribution in [1.29, 1.82) is 0 Å². The van der Waals surface area contributed by atoms with Crippen molar-refractivity contribution in [3.8, 4) is 0 Å². The van der Waals surface area contributed by atoms with Gasteiger partial charge in [0.05, 0.1) is 17.6 Å². The summed E-state index contributed by atoms with van der Waals surface area (Å²) in [5, 5.41) is 25.4. The third-order valence-electron chi connectivity index (χ3n) is 2.38. The van der Waals surface area contributed by atoms with Crippen molar-refractivity contribution in [3.63, 3.8) is 0 Å². The molecule has 1 atom stereocenters. The average Bonchev–Trinajstić information content (AvgIpc) is 2.38. The SMILES string of the molecule is CNc1ncc([N+](=O)[O-])c(NC(CCO)COC)n1. The van der Waals surface area contributed by atoms with E-state index in [1.165, 1.54) is 7.11 Å². The molecule has 0 saturated carbocycles. The van der Waals surface area contributed by atoms with E-state index in [9.17, 15) is 10.1 Å². The lowest BCUT2D eigenvalue weighted by Crippen LogP contribution is -2.27. The van der Waals surface area contributed by atoms with Gasteiger partial charge in [-0.15, -0.1) is 0 Å². The summed E-state index contributed by atoms with van der Waals surface area (Å²) in [6.45, 7) is 0.245. The predicted molar refractivity (Wildman–Crippen MR) is 69.2 cm³/mol. The normalized spacial score (nSPS) is 11.9. The van der Waals surface area contributed by atoms with Crippen LogP contribution in [-0.4, -0.2) is 53.4 Å². The van der Waals surface area contributed by atoms with Crippen LogP contribution in [0.15, 0.2) is 6.20 Å². The molecule has 9 nitrogen and oxygen atoms in total. The molecule has 0 radical (unpaired) electrons. The Morgan fingerprint density at radius 3 is 2.89 bits per heavy atom. The van der Waals surface area contributed by atoms with Gasteiger partial charge in [-0.05, 0) is 6.42 Å². The molecule has 106 valence electrons. The summed E-state index contributed by atoms with van der Waals surface area (Å²) in [6, 6.07) is -0.270. The van der Waals surface area contributed by atoms with Gasteiger partial charge in [0.25, 0.3) is 0 Å². The fraction of sp³-hybridized carbons (Fsp3) is 0.600. The number of aliphatic hydroxyl groups excluding tert-OH is 1. The second-order valence-corrected chi connectivity index (χ2v) is 3.74. The maximum absolute atomic E-state index is 10.9. The Kier molecular flexibility index (Phi) is 5.90. The van der Waals surface area contributed by atoms with Crippen molar-refractivity contribution < 1.29 is 14.8 Å². The zero-order valence-corrected chi connectivity index (χ0v) is 10.8. The van der Waals surface area contributed by atoms with Gasteiger partial charge < -0.3 is 20.5 Å². The lowest BCUT2D eigenvalue weighted by Gasteiger charge is -2.17. The van der Waals surface area contributed by atoms with Crippen LogP contribution in [0.3, 0.4) is 0 Å². The monoisotopic (exact) mass is 271 g/mol. The second-order valence-electron chi connectivity index (χ2n) is 3.74. The number of rotatable bonds is 8. The molecule has 0 aliphatic rings. The number of nitro groups is 1. The fourth-order valence-corrected chi connectivity index (χ4v) is 1.48. The minimum atomic E-state index is -0.565. The molecule has 0 aliphatic carbocycles. The highest BCUT2D eigenvalue weighted by atomic mass is 16.6. The Balaban J connectivity index is 2.97. The van der Waals surface area contributed by atoms with E-state index in [0.29, 0.717) is 13.0 Å². The molecule has 9 heteroatoms. The van der Waals surface area contributed by atoms with Gasteiger partial charge >= 0.3 is 5.69 Å². The molecular weight excluding hydrogens is 254 g/mol. The number of methoxy groups -OCH3 is 1. The van der Waals surface area contributed by atoms with E-state index in [1.807, 2.05) is 0 Å². The van der Waals surface area contributed by atoms with Gasteiger partial charge in [0, 0.05) is 20.8 Å². The van der Waals surface area contributed by atoms with E-state index >= 15 is 0 Å². The van der Waals surface area contributed by atoms with Crippen LogP contribution in [0.5, 0.6) is 0 Å². The van der Waals surface area contributed by atoms with Crippen LogP contribution in [-0.2, 0) is 4.74 Å². The van der Waals surface area contributed by atoms with E-state index in [0.717, 1.165) is 6.20 Å². The fourth-order valence-electron chi connectivity index (χ4n) is 1.48. The Morgan fingerprint density at radius 1 is 1.63 bits per heavy atom. The molecule has 3 N–H and O–H groups in total. The second kappa shape index (κ2) is 7.44. The predicted octanol–water partition coefficient (Wildman–Crippen LogP) is 0.236. The summed E-state index contributed by atoms with van der Waals surface area (Å²) in [5.74, 6) is 0.369. The molecule has 0 spiro atoms. The van der Waals surface area contributed by atoms with Crippen LogP contribution in [0.1, 0.15) is 6.42 Å². The number of anilines is 2. The molecule has 0 saturated heterocycles. The number of nitrogens with zero attached hydrogens (tertiary/aromatic N) is 3. The molecule has 0 aromatic carbocycles. The van der Waals surface area contributed by atoms with Gasteiger partial charge in [-0.25, -0.2) is 4.98 Å². The number of aromatic nitrogens is 2. The molecule has 19 heavy (non-hydrogen) atoms. The van der Waals surface area contributed by atoms with Crippen molar-refractivity contribution in [2.24, 2.45) is 0 Å². The Bertz CT molecular complexity index is 422. The topological polar surface area (TPSA) is 122 Å². The standard InChI is InChI=1S/C10H17N5O4/c1-11-10-12-5-8(15(17)18)9(14-10)13-7(3-4-16)6-19-2/h5,7,16H,3-4,6H2,1-2H3,(H2,11,12,13,14). The van der Waals surface area contributed by atoms with E-state index in [2.05, 4.69) is 20.6 Å². The summed E-state index contributed by atoms with van der Waals surface area (Å²) >= 11 is 0. The minimum Gasteiger partial charge on any atom is -0.396 e. The summed E-state index contributed by atoms with van der Waals surface area (Å²) in [5.41, 5.74) is -0.224. The zero-order chi connectivity index (χ0) is 14.3. The maximum Gasteiger partial charge on any atom is 0.329 e. The summed E-state index contributed by atoms with van der Waals surface area (Å²) in [6.07, 6.45) is 1.52. The van der Waals surface area contributed by atoms with E-state index < -0.39 is 4.92 Å². The van der Waals surface area contributed by atoms with Gasteiger partial charge in [0.2, 0.25) is 11.8 Å². The average molecular weight is 271 g/mol.